The Kier molecular flexibility index (Phi) is 6.42. The molecule has 1 atom stereocenters. The summed E-state index contributed by atoms with van der Waals surface area (Å²) >= 11 is 0. The number of rotatable bonds is 8. The summed E-state index contributed by atoms with van der Waals surface area (Å²) in [4.78, 5) is -0.0655. The second-order valence-corrected chi connectivity index (χ2v) is 6.69. The van der Waals surface area contributed by atoms with Crippen molar-refractivity contribution >= 4 is 15.7 Å². The predicted molar refractivity (Wildman–Crippen MR) is 79.3 cm³/mol. The number of unbranched alkanes of at least 4 members (excludes halogenated alkanes) is 1. The zero-order valence-corrected chi connectivity index (χ0v) is 12.8. The van der Waals surface area contributed by atoms with Crippen LogP contribution >= 0.6 is 0 Å². The molecule has 6 heteroatoms. The van der Waals surface area contributed by atoms with Crippen molar-refractivity contribution in [2.75, 3.05) is 12.3 Å². The normalized spacial score (nSPS) is 13.3. The Morgan fingerprint density at radius 1 is 1.35 bits per heavy atom. The van der Waals surface area contributed by atoms with Gasteiger partial charge in [-0.05, 0) is 30.5 Å². The topological polar surface area (TPSA) is 72.2 Å². The number of nitrogen functional groups attached to an aromatic ring is 1. The Morgan fingerprint density at radius 3 is 2.60 bits per heavy atom. The first-order chi connectivity index (χ1) is 9.40. The molecule has 0 fully saturated rings. The van der Waals surface area contributed by atoms with Gasteiger partial charge in [0.2, 0.25) is 10.0 Å². The van der Waals surface area contributed by atoms with Gasteiger partial charge in [0, 0.05) is 6.54 Å². The Hall–Kier alpha value is -1.14. The van der Waals surface area contributed by atoms with Gasteiger partial charge >= 0.3 is 0 Å². The van der Waals surface area contributed by atoms with Crippen LogP contribution in [-0.4, -0.2) is 15.0 Å². The Morgan fingerprint density at radius 2 is 2.05 bits per heavy atom. The molecule has 1 aromatic rings. The third-order valence-electron chi connectivity index (χ3n) is 3.37. The smallest absolute Gasteiger partial charge is 0.242 e. The van der Waals surface area contributed by atoms with Crippen LogP contribution < -0.4 is 10.5 Å². The number of nitrogens with one attached hydrogen (secondary N) is 1. The van der Waals surface area contributed by atoms with E-state index in [1.165, 1.54) is 6.07 Å². The van der Waals surface area contributed by atoms with Crippen LogP contribution in [0.1, 0.15) is 39.5 Å². The average molecular weight is 302 g/mol. The fraction of sp³-hybridized carbons (Fsp3) is 0.571. The zero-order chi connectivity index (χ0) is 15.2. The SMILES string of the molecule is CCCCC(CC)CNS(=O)(=O)c1ccc(F)cc1N. The number of nitrogens with two attached hydrogens (primary N) is 1. The summed E-state index contributed by atoms with van der Waals surface area (Å²) in [5.41, 5.74) is 5.50. The first-order valence-electron chi connectivity index (χ1n) is 6.95. The molecule has 3 N–H and O–H groups in total. The van der Waals surface area contributed by atoms with Gasteiger partial charge in [-0.25, -0.2) is 17.5 Å². The molecule has 0 aromatic heterocycles. The first-order valence-corrected chi connectivity index (χ1v) is 8.43. The maximum atomic E-state index is 12.9. The maximum Gasteiger partial charge on any atom is 0.242 e. The van der Waals surface area contributed by atoms with E-state index in [4.69, 9.17) is 5.73 Å². The molecule has 0 radical (unpaired) electrons. The van der Waals surface area contributed by atoms with Crippen molar-refractivity contribution < 1.29 is 12.8 Å². The van der Waals surface area contributed by atoms with Crippen molar-refractivity contribution in [1.29, 1.82) is 0 Å². The highest BCUT2D eigenvalue weighted by atomic mass is 32.2. The predicted octanol–water partition coefficient (Wildman–Crippen LogP) is 2.90. The highest BCUT2D eigenvalue weighted by molar-refractivity contribution is 7.89. The fourth-order valence-corrected chi connectivity index (χ4v) is 3.24. The fourth-order valence-electron chi connectivity index (χ4n) is 2.01. The molecular formula is C14H23FN2O2S. The van der Waals surface area contributed by atoms with Crippen molar-refractivity contribution in [3.63, 3.8) is 0 Å². The minimum absolute atomic E-state index is 0.0655. The summed E-state index contributed by atoms with van der Waals surface area (Å²) in [5, 5.41) is 0. The van der Waals surface area contributed by atoms with Crippen LogP contribution in [0.25, 0.3) is 0 Å². The van der Waals surface area contributed by atoms with Crippen molar-refractivity contribution in [3.8, 4) is 0 Å². The summed E-state index contributed by atoms with van der Waals surface area (Å²) in [6.45, 7) is 4.53. The molecule has 0 heterocycles. The summed E-state index contributed by atoms with van der Waals surface area (Å²) < 4.78 is 39.8. The molecule has 1 aromatic carbocycles. The molecule has 0 saturated heterocycles. The zero-order valence-electron chi connectivity index (χ0n) is 12.0. The van der Waals surface area contributed by atoms with Gasteiger partial charge < -0.3 is 5.73 Å². The molecule has 1 rings (SSSR count). The van der Waals surface area contributed by atoms with Crippen LogP contribution in [0.3, 0.4) is 0 Å². The molecule has 0 amide bonds. The van der Waals surface area contributed by atoms with Gasteiger partial charge in [0.05, 0.1) is 5.69 Å². The lowest BCUT2D eigenvalue weighted by Gasteiger charge is -2.16. The number of halogens is 1. The van der Waals surface area contributed by atoms with Crippen molar-refractivity contribution in [2.45, 2.75) is 44.4 Å². The molecule has 4 nitrogen and oxygen atoms in total. The standard InChI is InChI=1S/C14H23FN2O2S/c1-3-5-6-11(4-2)10-17-20(18,19)14-8-7-12(15)9-13(14)16/h7-9,11,17H,3-6,10,16H2,1-2H3. The Bertz CT molecular complexity index is 532. The van der Waals surface area contributed by atoms with Crippen LogP contribution in [0.4, 0.5) is 10.1 Å². The minimum atomic E-state index is -3.68. The van der Waals surface area contributed by atoms with E-state index in [0.717, 1.165) is 37.8 Å². The van der Waals surface area contributed by atoms with E-state index in [-0.39, 0.29) is 10.6 Å². The molecule has 1 unspecified atom stereocenters. The van der Waals surface area contributed by atoms with E-state index in [1.807, 2.05) is 6.92 Å². The van der Waals surface area contributed by atoms with Gasteiger partial charge in [0.1, 0.15) is 10.7 Å². The Labute approximate surface area is 120 Å². The van der Waals surface area contributed by atoms with E-state index in [1.54, 1.807) is 0 Å². The molecule has 0 bridgehead atoms. The Balaban J connectivity index is 2.74. The monoisotopic (exact) mass is 302 g/mol. The highest BCUT2D eigenvalue weighted by Gasteiger charge is 2.19. The minimum Gasteiger partial charge on any atom is -0.398 e. The molecule has 0 aliphatic rings. The van der Waals surface area contributed by atoms with Crippen molar-refractivity contribution in [2.24, 2.45) is 5.92 Å². The number of sulfonamides is 1. The number of hydrogen-bond donors (Lipinski definition) is 2. The number of anilines is 1. The highest BCUT2D eigenvalue weighted by Crippen LogP contribution is 2.20. The molecule has 0 aliphatic carbocycles. The molecule has 0 spiro atoms. The third-order valence-corrected chi connectivity index (χ3v) is 4.86. The lowest BCUT2D eigenvalue weighted by atomic mass is 10.00. The van der Waals surface area contributed by atoms with Crippen LogP contribution in [0.15, 0.2) is 23.1 Å². The van der Waals surface area contributed by atoms with E-state index in [2.05, 4.69) is 11.6 Å². The van der Waals surface area contributed by atoms with Gasteiger partial charge in [-0.15, -0.1) is 0 Å². The first kappa shape index (κ1) is 16.9. The number of hydrogen-bond acceptors (Lipinski definition) is 3. The largest absolute Gasteiger partial charge is 0.398 e. The maximum absolute atomic E-state index is 12.9. The van der Waals surface area contributed by atoms with Gasteiger partial charge in [-0.3, -0.25) is 0 Å². The molecule has 0 aliphatic heterocycles. The molecular weight excluding hydrogens is 279 g/mol. The van der Waals surface area contributed by atoms with E-state index in [9.17, 15) is 12.8 Å². The van der Waals surface area contributed by atoms with Crippen LogP contribution in [0, 0.1) is 11.7 Å². The van der Waals surface area contributed by atoms with E-state index in [0.29, 0.717) is 12.5 Å². The van der Waals surface area contributed by atoms with Crippen LogP contribution in [0.2, 0.25) is 0 Å². The van der Waals surface area contributed by atoms with Crippen LogP contribution in [0.5, 0.6) is 0 Å². The molecule has 114 valence electrons. The lowest BCUT2D eigenvalue weighted by molar-refractivity contribution is 0.444. The van der Waals surface area contributed by atoms with Crippen molar-refractivity contribution in [1.82, 2.24) is 4.72 Å². The van der Waals surface area contributed by atoms with Gasteiger partial charge in [-0.2, -0.15) is 0 Å². The number of benzene rings is 1. The van der Waals surface area contributed by atoms with Gasteiger partial charge in [0.15, 0.2) is 0 Å². The second kappa shape index (κ2) is 7.59. The molecule has 20 heavy (non-hydrogen) atoms. The summed E-state index contributed by atoms with van der Waals surface area (Å²) in [7, 11) is -3.68. The van der Waals surface area contributed by atoms with E-state index >= 15 is 0 Å². The lowest BCUT2D eigenvalue weighted by Crippen LogP contribution is -2.29. The summed E-state index contributed by atoms with van der Waals surface area (Å²) in [5.74, 6) is -0.234. The van der Waals surface area contributed by atoms with Crippen LogP contribution in [-0.2, 0) is 10.0 Å². The second-order valence-electron chi connectivity index (χ2n) is 4.95. The summed E-state index contributed by atoms with van der Waals surface area (Å²) in [6.07, 6.45) is 4.09. The van der Waals surface area contributed by atoms with E-state index < -0.39 is 15.8 Å². The third kappa shape index (κ3) is 4.76. The van der Waals surface area contributed by atoms with Gasteiger partial charge in [0.25, 0.3) is 0 Å². The summed E-state index contributed by atoms with van der Waals surface area (Å²) in [6, 6.07) is 3.31. The quantitative estimate of drug-likeness (QED) is 0.725. The van der Waals surface area contributed by atoms with Gasteiger partial charge in [-0.1, -0.05) is 33.1 Å². The average Bonchev–Trinajstić information content (AvgIpc) is 2.38. The van der Waals surface area contributed by atoms with Crippen molar-refractivity contribution in [3.05, 3.63) is 24.0 Å². The molecule has 0 saturated carbocycles.